The van der Waals surface area contributed by atoms with Crippen LogP contribution in [-0.4, -0.2) is 9.97 Å². The summed E-state index contributed by atoms with van der Waals surface area (Å²) in [5.74, 6) is 0. The van der Waals surface area contributed by atoms with Crippen molar-refractivity contribution in [3.63, 3.8) is 0 Å². The summed E-state index contributed by atoms with van der Waals surface area (Å²) in [5.41, 5.74) is 1.83. The second-order valence-corrected chi connectivity index (χ2v) is 3.63. The Bertz CT molecular complexity index is 618. The molecule has 0 radical (unpaired) electrons. The molecule has 0 saturated heterocycles. The van der Waals surface area contributed by atoms with Gasteiger partial charge in [-0.25, -0.2) is 0 Å². The Kier molecular flexibility index (Phi) is 2.11. The van der Waals surface area contributed by atoms with Crippen LogP contribution in [-0.2, 0) is 0 Å². The molecule has 2 heterocycles. The van der Waals surface area contributed by atoms with Gasteiger partial charge in [-0.2, -0.15) is 0 Å². The number of rotatable bonds is 1. The maximum Gasteiger partial charge on any atom is 0.0892 e. The van der Waals surface area contributed by atoms with Crippen LogP contribution in [0.15, 0.2) is 60.9 Å². The first-order valence-corrected chi connectivity index (χ1v) is 5.20. The fourth-order valence-corrected chi connectivity index (χ4v) is 1.74. The normalized spacial score (nSPS) is 10.5. The van der Waals surface area contributed by atoms with E-state index in [9.17, 15) is 0 Å². The highest BCUT2D eigenvalue weighted by molar-refractivity contribution is 5.84. The van der Waals surface area contributed by atoms with Gasteiger partial charge < -0.3 is 0 Å². The quantitative estimate of drug-likeness (QED) is 0.610. The summed E-state index contributed by atoms with van der Waals surface area (Å²) in [5, 5.41) is 2.35. The van der Waals surface area contributed by atoms with Crippen molar-refractivity contribution in [3.8, 4) is 11.4 Å². The molecule has 0 N–H and O–H groups in total. The van der Waals surface area contributed by atoms with Gasteiger partial charge in [0.2, 0.25) is 0 Å². The van der Waals surface area contributed by atoms with E-state index in [1.54, 1.807) is 6.20 Å². The molecule has 0 aliphatic rings. The number of nitrogens with zero attached hydrogens (tertiary/aromatic N) is 2. The maximum atomic E-state index is 4.41. The Morgan fingerprint density at radius 2 is 1.50 bits per heavy atom. The standard InChI is InChI=1S/C14H10N2/c1-2-6-12-10-16-14(9-11(12)5-1)13-7-3-4-8-15-13/h1-10H. The fraction of sp³-hybridized carbons (Fsp3) is 0. The zero-order chi connectivity index (χ0) is 10.8. The van der Waals surface area contributed by atoms with E-state index in [1.165, 1.54) is 5.39 Å². The van der Waals surface area contributed by atoms with Crippen molar-refractivity contribution in [2.24, 2.45) is 0 Å². The van der Waals surface area contributed by atoms with Crippen molar-refractivity contribution < 1.29 is 0 Å². The van der Waals surface area contributed by atoms with Gasteiger partial charge in [0.05, 0.1) is 11.4 Å². The number of benzene rings is 1. The Morgan fingerprint density at radius 3 is 2.31 bits per heavy atom. The predicted molar refractivity (Wildman–Crippen MR) is 65.0 cm³/mol. The van der Waals surface area contributed by atoms with Crippen LogP contribution in [0.4, 0.5) is 0 Å². The molecule has 0 fully saturated rings. The summed E-state index contributed by atoms with van der Waals surface area (Å²) in [7, 11) is 0. The molecular formula is C14H10N2. The van der Waals surface area contributed by atoms with Crippen LogP contribution >= 0.6 is 0 Å². The van der Waals surface area contributed by atoms with Crippen molar-refractivity contribution in [2.45, 2.75) is 0 Å². The first-order valence-electron chi connectivity index (χ1n) is 5.20. The molecule has 0 spiro atoms. The Morgan fingerprint density at radius 1 is 0.688 bits per heavy atom. The molecule has 76 valence electrons. The van der Waals surface area contributed by atoms with Crippen molar-refractivity contribution in [3.05, 3.63) is 60.9 Å². The third kappa shape index (κ3) is 1.54. The minimum absolute atomic E-state index is 0.910. The van der Waals surface area contributed by atoms with Crippen molar-refractivity contribution in [2.75, 3.05) is 0 Å². The smallest absolute Gasteiger partial charge is 0.0892 e. The molecule has 0 amide bonds. The largest absolute Gasteiger partial charge is 0.255 e. The summed E-state index contributed by atoms with van der Waals surface area (Å²) in [4.78, 5) is 8.71. The van der Waals surface area contributed by atoms with Gasteiger partial charge in [-0.1, -0.05) is 30.3 Å². The van der Waals surface area contributed by atoms with E-state index in [0.717, 1.165) is 16.8 Å². The number of aromatic nitrogens is 2. The van der Waals surface area contributed by atoms with Crippen LogP contribution in [0.2, 0.25) is 0 Å². The Balaban J connectivity index is 2.19. The van der Waals surface area contributed by atoms with Gasteiger partial charge in [0.1, 0.15) is 0 Å². The number of pyridine rings is 2. The molecule has 16 heavy (non-hydrogen) atoms. The molecule has 1 aromatic carbocycles. The summed E-state index contributed by atoms with van der Waals surface area (Å²) < 4.78 is 0. The van der Waals surface area contributed by atoms with Crippen LogP contribution in [0, 0.1) is 0 Å². The zero-order valence-electron chi connectivity index (χ0n) is 8.67. The molecular weight excluding hydrogens is 196 g/mol. The van der Waals surface area contributed by atoms with Gasteiger partial charge in [-0.3, -0.25) is 9.97 Å². The summed E-state index contributed by atoms with van der Waals surface area (Å²) >= 11 is 0. The lowest BCUT2D eigenvalue weighted by molar-refractivity contribution is 1.26. The number of hydrogen-bond acceptors (Lipinski definition) is 2. The van der Waals surface area contributed by atoms with Crippen molar-refractivity contribution in [1.82, 2.24) is 9.97 Å². The lowest BCUT2D eigenvalue weighted by atomic mass is 10.1. The summed E-state index contributed by atoms with van der Waals surface area (Å²) in [6.45, 7) is 0. The molecule has 3 aromatic rings. The molecule has 3 rings (SSSR count). The zero-order valence-corrected chi connectivity index (χ0v) is 8.67. The van der Waals surface area contributed by atoms with Crippen LogP contribution in [0.25, 0.3) is 22.2 Å². The highest BCUT2D eigenvalue weighted by Gasteiger charge is 2.00. The van der Waals surface area contributed by atoms with Crippen LogP contribution in [0.3, 0.4) is 0 Å². The summed E-state index contributed by atoms with van der Waals surface area (Å²) in [6.07, 6.45) is 3.67. The van der Waals surface area contributed by atoms with Gasteiger partial charge in [-0.15, -0.1) is 0 Å². The Hall–Kier alpha value is -2.22. The fourth-order valence-electron chi connectivity index (χ4n) is 1.74. The molecule has 0 unspecified atom stereocenters. The van der Waals surface area contributed by atoms with Gasteiger partial charge in [0, 0.05) is 17.8 Å². The SMILES string of the molecule is c1ccc(-c2cc3ccccc3cn2)nc1. The minimum atomic E-state index is 0.910. The highest BCUT2D eigenvalue weighted by atomic mass is 14.8. The lowest BCUT2D eigenvalue weighted by Crippen LogP contribution is -1.86. The average molecular weight is 206 g/mol. The molecule has 0 bridgehead atoms. The van der Waals surface area contributed by atoms with E-state index in [2.05, 4.69) is 28.2 Å². The molecule has 2 nitrogen and oxygen atoms in total. The van der Waals surface area contributed by atoms with Gasteiger partial charge in [0.15, 0.2) is 0 Å². The monoisotopic (exact) mass is 206 g/mol. The minimum Gasteiger partial charge on any atom is -0.255 e. The predicted octanol–water partition coefficient (Wildman–Crippen LogP) is 3.30. The van der Waals surface area contributed by atoms with Crippen molar-refractivity contribution >= 4 is 10.8 Å². The van der Waals surface area contributed by atoms with E-state index >= 15 is 0 Å². The van der Waals surface area contributed by atoms with E-state index < -0.39 is 0 Å². The highest BCUT2D eigenvalue weighted by Crippen LogP contribution is 2.19. The molecule has 2 heteroatoms. The van der Waals surface area contributed by atoms with E-state index in [1.807, 2.05) is 36.5 Å². The first-order chi connectivity index (χ1) is 7.93. The molecule has 0 atom stereocenters. The number of hydrogen-bond donors (Lipinski definition) is 0. The lowest BCUT2D eigenvalue weighted by Gasteiger charge is -2.01. The Labute approximate surface area is 93.6 Å². The first kappa shape index (κ1) is 9.04. The topological polar surface area (TPSA) is 25.8 Å². The van der Waals surface area contributed by atoms with E-state index in [0.29, 0.717) is 0 Å². The third-order valence-corrected chi connectivity index (χ3v) is 2.56. The van der Waals surface area contributed by atoms with E-state index in [4.69, 9.17) is 0 Å². The maximum absolute atomic E-state index is 4.41. The van der Waals surface area contributed by atoms with Crippen LogP contribution in [0.1, 0.15) is 0 Å². The third-order valence-electron chi connectivity index (χ3n) is 2.56. The molecule has 0 saturated carbocycles. The second-order valence-electron chi connectivity index (χ2n) is 3.63. The number of fused-ring (bicyclic) bond motifs is 1. The van der Waals surface area contributed by atoms with E-state index in [-0.39, 0.29) is 0 Å². The summed E-state index contributed by atoms with van der Waals surface area (Å²) in [6, 6.07) is 16.1. The second kappa shape index (κ2) is 3.74. The van der Waals surface area contributed by atoms with Crippen LogP contribution < -0.4 is 0 Å². The average Bonchev–Trinajstić information content (AvgIpc) is 2.39. The molecule has 2 aromatic heterocycles. The molecule has 0 aliphatic heterocycles. The van der Waals surface area contributed by atoms with Crippen LogP contribution in [0.5, 0.6) is 0 Å². The van der Waals surface area contributed by atoms with Gasteiger partial charge >= 0.3 is 0 Å². The van der Waals surface area contributed by atoms with Gasteiger partial charge in [0.25, 0.3) is 0 Å². The molecule has 0 aliphatic carbocycles. The van der Waals surface area contributed by atoms with Gasteiger partial charge in [-0.05, 0) is 23.6 Å². The van der Waals surface area contributed by atoms with Crippen molar-refractivity contribution in [1.29, 1.82) is 0 Å².